The van der Waals surface area contributed by atoms with Gasteiger partial charge >= 0.3 is 0 Å². The minimum Gasteiger partial charge on any atom is -0.366 e. The molecule has 2 aromatic rings. The second-order valence-corrected chi connectivity index (χ2v) is 3.28. The number of nitrogen functional groups attached to an aromatic ring is 1. The van der Waals surface area contributed by atoms with Crippen molar-refractivity contribution in [3.63, 3.8) is 0 Å². The third-order valence-electron chi connectivity index (χ3n) is 1.57. The molecule has 0 unspecified atom stereocenters. The lowest BCUT2D eigenvalue weighted by Crippen LogP contribution is -2.00. The van der Waals surface area contributed by atoms with Crippen LogP contribution in [-0.4, -0.2) is 20.2 Å². The van der Waals surface area contributed by atoms with E-state index >= 15 is 0 Å². The maximum Gasteiger partial charge on any atom is 0.240 e. The summed E-state index contributed by atoms with van der Waals surface area (Å²) in [4.78, 5) is 8.17. The predicted molar refractivity (Wildman–Crippen MR) is 55.2 cm³/mol. The summed E-state index contributed by atoms with van der Waals surface area (Å²) in [5.41, 5.74) is 6.74. The first-order valence-corrected chi connectivity index (χ1v) is 4.64. The number of nitrogens with two attached hydrogens (primary N) is 1. The fraction of sp³-hybridized carbons (Fsp3) is 0. The average Bonchev–Trinajstić information content (AvgIpc) is 2.23. The quantitative estimate of drug-likeness (QED) is 0.827. The van der Waals surface area contributed by atoms with Gasteiger partial charge in [-0.3, -0.25) is 4.98 Å². The van der Waals surface area contributed by atoms with Crippen LogP contribution in [0.2, 0.25) is 0 Å². The van der Waals surface area contributed by atoms with Crippen molar-refractivity contribution in [2.75, 3.05) is 5.73 Å². The largest absolute Gasteiger partial charge is 0.366 e. The van der Waals surface area contributed by atoms with E-state index in [2.05, 4.69) is 36.1 Å². The number of halogens is 1. The molecule has 0 fully saturated rings. The van der Waals surface area contributed by atoms with Crippen LogP contribution < -0.4 is 5.73 Å². The van der Waals surface area contributed by atoms with Gasteiger partial charge in [0, 0.05) is 6.20 Å². The van der Waals surface area contributed by atoms with E-state index in [9.17, 15) is 0 Å². The van der Waals surface area contributed by atoms with Crippen LogP contribution >= 0.6 is 15.9 Å². The molecule has 0 aliphatic carbocycles. The number of anilines is 1. The fourth-order valence-electron chi connectivity index (χ4n) is 0.991. The van der Waals surface area contributed by atoms with E-state index in [1.54, 1.807) is 6.20 Å². The van der Waals surface area contributed by atoms with E-state index in [4.69, 9.17) is 5.73 Å². The minimum absolute atomic E-state index is 0.133. The van der Waals surface area contributed by atoms with E-state index in [1.807, 2.05) is 18.2 Å². The van der Waals surface area contributed by atoms with E-state index in [1.165, 1.54) is 0 Å². The first kappa shape index (κ1) is 9.01. The molecule has 0 aliphatic rings. The van der Waals surface area contributed by atoms with Gasteiger partial charge in [-0.1, -0.05) is 6.07 Å². The van der Waals surface area contributed by atoms with Crippen LogP contribution in [0.5, 0.6) is 0 Å². The van der Waals surface area contributed by atoms with Crippen LogP contribution in [0.15, 0.2) is 29.0 Å². The van der Waals surface area contributed by atoms with Gasteiger partial charge < -0.3 is 5.73 Å². The zero-order chi connectivity index (χ0) is 9.97. The topological polar surface area (TPSA) is 77.6 Å². The van der Waals surface area contributed by atoms with Crippen molar-refractivity contribution < 1.29 is 0 Å². The Morgan fingerprint density at radius 3 is 2.79 bits per heavy atom. The summed E-state index contributed by atoms with van der Waals surface area (Å²) in [7, 11) is 0. The number of nitrogens with zero attached hydrogens (tertiary/aromatic N) is 4. The smallest absolute Gasteiger partial charge is 0.240 e. The Morgan fingerprint density at radius 2 is 2.07 bits per heavy atom. The summed E-state index contributed by atoms with van der Waals surface area (Å²) in [5, 5.41) is 7.40. The van der Waals surface area contributed by atoms with Crippen molar-refractivity contribution in [3.8, 4) is 11.4 Å². The molecule has 0 amide bonds. The lowest BCUT2D eigenvalue weighted by Gasteiger charge is -2.00. The molecule has 0 bridgehead atoms. The van der Waals surface area contributed by atoms with Crippen LogP contribution in [0.1, 0.15) is 0 Å². The Hall–Kier alpha value is -1.56. The van der Waals surface area contributed by atoms with Crippen molar-refractivity contribution >= 4 is 21.9 Å². The number of hydrogen-bond acceptors (Lipinski definition) is 5. The van der Waals surface area contributed by atoms with Crippen LogP contribution in [0.25, 0.3) is 11.4 Å². The Labute approximate surface area is 88.5 Å². The van der Waals surface area contributed by atoms with Gasteiger partial charge in [0.25, 0.3) is 0 Å². The highest BCUT2D eigenvalue weighted by Gasteiger charge is 2.07. The standard InChI is InChI=1S/C8H6BrN5/c9-7-6(12-8(10)14-13-7)5-3-1-2-4-11-5/h1-4H,(H2,10,12,14). The second-order valence-electron chi connectivity index (χ2n) is 2.52. The third kappa shape index (κ3) is 1.69. The number of rotatable bonds is 1. The molecule has 2 N–H and O–H groups in total. The summed E-state index contributed by atoms with van der Waals surface area (Å²) in [6.45, 7) is 0. The summed E-state index contributed by atoms with van der Waals surface area (Å²) in [5.74, 6) is 0.133. The maximum absolute atomic E-state index is 5.43. The minimum atomic E-state index is 0.133. The van der Waals surface area contributed by atoms with Crippen molar-refractivity contribution in [2.45, 2.75) is 0 Å². The van der Waals surface area contributed by atoms with Gasteiger partial charge in [-0.05, 0) is 28.1 Å². The molecule has 5 nitrogen and oxygen atoms in total. The molecule has 0 aromatic carbocycles. The van der Waals surface area contributed by atoms with Crippen molar-refractivity contribution in [1.29, 1.82) is 0 Å². The van der Waals surface area contributed by atoms with Crippen molar-refractivity contribution in [1.82, 2.24) is 20.2 Å². The van der Waals surface area contributed by atoms with Gasteiger partial charge in [0.2, 0.25) is 5.95 Å². The Bertz CT molecular complexity index is 445. The summed E-state index contributed by atoms with van der Waals surface area (Å²) < 4.78 is 0.533. The molecule has 0 saturated carbocycles. The van der Waals surface area contributed by atoms with E-state index in [-0.39, 0.29) is 5.95 Å². The highest BCUT2D eigenvalue weighted by molar-refractivity contribution is 9.10. The molecule has 0 atom stereocenters. The number of hydrogen-bond donors (Lipinski definition) is 1. The molecular formula is C8H6BrN5. The van der Waals surface area contributed by atoms with Crippen LogP contribution in [0.3, 0.4) is 0 Å². The summed E-state index contributed by atoms with van der Waals surface area (Å²) >= 11 is 3.24. The fourth-order valence-corrected chi connectivity index (χ4v) is 1.36. The normalized spacial score (nSPS) is 10.1. The van der Waals surface area contributed by atoms with Crippen LogP contribution in [-0.2, 0) is 0 Å². The Morgan fingerprint density at radius 1 is 1.21 bits per heavy atom. The van der Waals surface area contributed by atoms with Crippen LogP contribution in [0.4, 0.5) is 5.95 Å². The van der Waals surface area contributed by atoms with E-state index < -0.39 is 0 Å². The molecule has 0 saturated heterocycles. The number of pyridine rings is 1. The summed E-state index contributed by atoms with van der Waals surface area (Å²) in [6, 6.07) is 5.52. The zero-order valence-corrected chi connectivity index (χ0v) is 8.64. The first-order valence-electron chi connectivity index (χ1n) is 3.84. The summed E-state index contributed by atoms with van der Waals surface area (Å²) in [6.07, 6.45) is 1.68. The lowest BCUT2D eigenvalue weighted by molar-refractivity contribution is 0.962. The second kappa shape index (κ2) is 3.67. The van der Waals surface area contributed by atoms with E-state index in [0.29, 0.717) is 16.0 Å². The average molecular weight is 252 g/mol. The molecular weight excluding hydrogens is 246 g/mol. The van der Waals surface area contributed by atoms with Gasteiger partial charge in [-0.2, -0.15) is 0 Å². The third-order valence-corrected chi connectivity index (χ3v) is 2.10. The molecule has 2 heterocycles. The highest BCUT2D eigenvalue weighted by atomic mass is 79.9. The van der Waals surface area contributed by atoms with Crippen molar-refractivity contribution in [2.24, 2.45) is 0 Å². The van der Waals surface area contributed by atoms with Crippen molar-refractivity contribution in [3.05, 3.63) is 29.0 Å². The zero-order valence-electron chi connectivity index (χ0n) is 7.05. The molecule has 14 heavy (non-hydrogen) atoms. The van der Waals surface area contributed by atoms with Gasteiger partial charge in [-0.15, -0.1) is 10.2 Å². The SMILES string of the molecule is Nc1nnc(Br)c(-c2ccccn2)n1. The van der Waals surface area contributed by atoms with Gasteiger partial charge in [0.05, 0.1) is 5.69 Å². The Kier molecular flexibility index (Phi) is 2.36. The monoisotopic (exact) mass is 251 g/mol. The molecule has 2 rings (SSSR count). The predicted octanol–water partition coefficient (Wildman–Crippen LogP) is 1.28. The maximum atomic E-state index is 5.43. The molecule has 70 valence electrons. The van der Waals surface area contributed by atoms with Crippen LogP contribution in [0, 0.1) is 0 Å². The van der Waals surface area contributed by atoms with Gasteiger partial charge in [0.1, 0.15) is 5.69 Å². The molecule has 6 heteroatoms. The van der Waals surface area contributed by atoms with E-state index in [0.717, 1.165) is 0 Å². The number of aromatic nitrogens is 4. The van der Waals surface area contributed by atoms with Gasteiger partial charge in [-0.25, -0.2) is 4.98 Å². The van der Waals surface area contributed by atoms with Gasteiger partial charge in [0.15, 0.2) is 4.60 Å². The lowest BCUT2D eigenvalue weighted by atomic mass is 10.3. The first-order chi connectivity index (χ1) is 6.77. The molecule has 0 aliphatic heterocycles. The molecule has 0 spiro atoms. The molecule has 2 aromatic heterocycles. The molecule has 0 radical (unpaired) electrons. The highest BCUT2D eigenvalue weighted by Crippen LogP contribution is 2.21. The Balaban J connectivity index is 2.57.